The van der Waals surface area contributed by atoms with Crippen LogP contribution in [0.25, 0.3) is 10.8 Å². The number of carbonyl (C=O) groups excluding carboxylic acids is 1. The molecule has 166 valence electrons. The Labute approximate surface area is 189 Å². The lowest BCUT2D eigenvalue weighted by Crippen LogP contribution is -2.46. The Morgan fingerprint density at radius 3 is 2.44 bits per heavy atom. The zero-order valence-electron chi connectivity index (χ0n) is 18.3. The van der Waals surface area contributed by atoms with Crippen molar-refractivity contribution in [3.63, 3.8) is 0 Å². The third kappa shape index (κ3) is 3.71. The molecule has 3 aromatic carbocycles. The van der Waals surface area contributed by atoms with E-state index in [9.17, 15) is 13.2 Å². The number of carbonyl (C=O) groups is 1. The lowest BCUT2D eigenvalue weighted by atomic mass is 9.93. The van der Waals surface area contributed by atoms with Crippen molar-refractivity contribution >= 4 is 32.4 Å². The number of nitrogens with zero attached hydrogens (tertiary/aromatic N) is 2. The van der Waals surface area contributed by atoms with Gasteiger partial charge in [-0.1, -0.05) is 48.5 Å². The van der Waals surface area contributed by atoms with Gasteiger partial charge in [-0.2, -0.15) is 4.31 Å². The highest BCUT2D eigenvalue weighted by molar-refractivity contribution is 7.89. The van der Waals surface area contributed by atoms with Crippen molar-refractivity contribution in [1.82, 2.24) is 4.31 Å². The molecule has 2 aliphatic rings. The molecule has 0 aromatic heterocycles. The number of piperidine rings is 1. The number of para-hydroxylation sites is 1. The predicted octanol–water partition coefficient (Wildman–Crippen LogP) is 4.53. The van der Waals surface area contributed by atoms with Crippen molar-refractivity contribution in [2.24, 2.45) is 5.92 Å². The van der Waals surface area contributed by atoms with Gasteiger partial charge in [0, 0.05) is 31.2 Å². The summed E-state index contributed by atoms with van der Waals surface area (Å²) in [7, 11) is -3.57. The Bertz CT molecular complexity index is 1280. The largest absolute Gasteiger partial charge is 0.312 e. The molecule has 0 aliphatic carbocycles. The maximum Gasteiger partial charge on any atom is 0.243 e. The van der Waals surface area contributed by atoms with E-state index < -0.39 is 10.0 Å². The number of fused-ring (bicyclic) bond motifs is 2. The molecule has 1 amide bonds. The Morgan fingerprint density at radius 2 is 1.66 bits per heavy atom. The van der Waals surface area contributed by atoms with Gasteiger partial charge >= 0.3 is 0 Å². The molecule has 2 heterocycles. The number of amides is 1. The van der Waals surface area contributed by atoms with Crippen LogP contribution in [-0.4, -0.2) is 38.3 Å². The molecular formula is C26H28N2O3S. The molecule has 1 saturated heterocycles. The zero-order chi connectivity index (χ0) is 22.3. The van der Waals surface area contributed by atoms with E-state index >= 15 is 0 Å². The van der Waals surface area contributed by atoms with E-state index in [1.54, 1.807) is 12.1 Å². The van der Waals surface area contributed by atoms with Crippen molar-refractivity contribution in [2.45, 2.75) is 37.5 Å². The number of anilines is 1. The maximum absolute atomic E-state index is 13.4. The van der Waals surface area contributed by atoms with Crippen LogP contribution in [0.4, 0.5) is 5.69 Å². The van der Waals surface area contributed by atoms with Crippen molar-refractivity contribution in [1.29, 1.82) is 0 Å². The van der Waals surface area contributed by atoms with E-state index in [-0.39, 0.29) is 11.8 Å². The molecule has 2 aliphatic heterocycles. The minimum atomic E-state index is -3.57. The normalized spacial score (nSPS) is 18.0. The van der Waals surface area contributed by atoms with Gasteiger partial charge in [0.25, 0.3) is 0 Å². The fraction of sp³-hybridized carbons (Fsp3) is 0.346. The molecule has 0 atom stereocenters. The molecule has 0 radical (unpaired) electrons. The number of rotatable bonds is 3. The molecule has 5 rings (SSSR count). The van der Waals surface area contributed by atoms with E-state index in [4.69, 9.17) is 0 Å². The quantitative estimate of drug-likeness (QED) is 0.592. The number of aryl methyl sites for hydroxylation is 2. The highest BCUT2D eigenvalue weighted by Crippen LogP contribution is 2.34. The fourth-order valence-electron chi connectivity index (χ4n) is 5.11. The second kappa shape index (κ2) is 8.34. The third-order valence-electron chi connectivity index (χ3n) is 6.85. The molecular weight excluding hydrogens is 420 g/mol. The Balaban J connectivity index is 1.31. The highest BCUT2D eigenvalue weighted by atomic mass is 32.2. The number of benzene rings is 3. The van der Waals surface area contributed by atoms with Crippen molar-refractivity contribution in [2.75, 3.05) is 24.5 Å². The SMILES string of the molecule is Cc1cccc2c1N(C(=O)C1CCN(S(=O)(=O)c3ccc4ccccc4c3)CC1)CCC2. The molecule has 0 unspecified atom stereocenters. The van der Waals surface area contributed by atoms with Crippen LogP contribution in [-0.2, 0) is 21.2 Å². The zero-order valence-corrected chi connectivity index (χ0v) is 19.1. The summed E-state index contributed by atoms with van der Waals surface area (Å²) >= 11 is 0. The summed E-state index contributed by atoms with van der Waals surface area (Å²) < 4.78 is 28.0. The summed E-state index contributed by atoms with van der Waals surface area (Å²) in [4.78, 5) is 15.7. The van der Waals surface area contributed by atoms with Crippen LogP contribution >= 0.6 is 0 Å². The van der Waals surface area contributed by atoms with Crippen LogP contribution in [0.1, 0.15) is 30.4 Å². The van der Waals surface area contributed by atoms with Gasteiger partial charge in [0.2, 0.25) is 15.9 Å². The minimum Gasteiger partial charge on any atom is -0.312 e. The summed E-state index contributed by atoms with van der Waals surface area (Å²) in [5.74, 6) is 0.00612. The highest BCUT2D eigenvalue weighted by Gasteiger charge is 2.35. The number of hydrogen-bond acceptors (Lipinski definition) is 3. The van der Waals surface area contributed by atoms with Gasteiger partial charge in [-0.25, -0.2) is 8.42 Å². The van der Waals surface area contributed by atoms with E-state index in [0.717, 1.165) is 41.4 Å². The van der Waals surface area contributed by atoms with Gasteiger partial charge in [-0.15, -0.1) is 0 Å². The Hall–Kier alpha value is -2.70. The van der Waals surface area contributed by atoms with E-state index in [1.165, 1.54) is 9.87 Å². The van der Waals surface area contributed by atoms with Gasteiger partial charge in [0.15, 0.2) is 0 Å². The first-order valence-corrected chi connectivity index (χ1v) is 12.8. The van der Waals surface area contributed by atoms with Crippen LogP contribution in [0.3, 0.4) is 0 Å². The van der Waals surface area contributed by atoms with Crippen LogP contribution in [0, 0.1) is 12.8 Å². The third-order valence-corrected chi connectivity index (χ3v) is 8.74. The lowest BCUT2D eigenvalue weighted by molar-refractivity contribution is -0.123. The second-order valence-electron chi connectivity index (χ2n) is 8.86. The van der Waals surface area contributed by atoms with Crippen molar-refractivity contribution in [3.05, 3.63) is 71.8 Å². The number of hydrogen-bond donors (Lipinski definition) is 0. The average Bonchev–Trinajstić information content (AvgIpc) is 2.83. The topological polar surface area (TPSA) is 57.7 Å². The second-order valence-corrected chi connectivity index (χ2v) is 10.8. The molecule has 5 nitrogen and oxygen atoms in total. The average molecular weight is 449 g/mol. The van der Waals surface area contributed by atoms with Gasteiger partial charge < -0.3 is 4.90 Å². The molecule has 1 fully saturated rings. The first kappa shape index (κ1) is 21.2. The van der Waals surface area contributed by atoms with Crippen LogP contribution in [0.15, 0.2) is 65.6 Å². The Morgan fingerprint density at radius 1 is 0.906 bits per heavy atom. The summed E-state index contributed by atoms with van der Waals surface area (Å²) in [5.41, 5.74) is 3.43. The maximum atomic E-state index is 13.4. The molecule has 0 N–H and O–H groups in total. The van der Waals surface area contributed by atoms with E-state index in [2.05, 4.69) is 25.1 Å². The Kier molecular flexibility index (Phi) is 5.51. The summed E-state index contributed by atoms with van der Waals surface area (Å²) in [6, 6.07) is 19.3. The molecule has 6 heteroatoms. The first-order valence-electron chi connectivity index (χ1n) is 11.3. The van der Waals surface area contributed by atoms with Gasteiger partial charge in [-0.05, 0) is 66.6 Å². The van der Waals surface area contributed by atoms with E-state index in [1.807, 2.05) is 35.2 Å². The number of sulfonamides is 1. The van der Waals surface area contributed by atoms with Gasteiger partial charge in [-0.3, -0.25) is 4.79 Å². The summed E-state index contributed by atoms with van der Waals surface area (Å²) in [6.45, 7) is 3.55. The summed E-state index contributed by atoms with van der Waals surface area (Å²) in [5, 5.41) is 1.94. The smallest absolute Gasteiger partial charge is 0.243 e. The summed E-state index contributed by atoms with van der Waals surface area (Å²) in [6.07, 6.45) is 3.09. The monoisotopic (exact) mass is 448 g/mol. The minimum absolute atomic E-state index is 0.136. The molecule has 32 heavy (non-hydrogen) atoms. The lowest BCUT2D eigenvalue weighted by Gasteiger charge is -2.36. The standard InChI is InChI=1S/C26H28N2O3S/c1-19-6-4-9-21-10-5-15-28(25(19)21)26(29)22-13-16-27(17-14-22)32(30,31)24-12-11-20-7-2-3-8-23(20)18-24/h2-4,6-9,11-12,18,22H,5,10,13-17H2,1H3. The molecule has 0 spiro atoms. The van der Waals surface area contributed by atoms with Gasteiger partial charge in [0.1, 0.15) is 0 Å². The van der Waals surface area contributed by atoms with Crippen LogP contribution in [0.2, 0.25) is 0 Å². The molecule has 3 aromatic rings. The fourth-order valence-corrected chi connectivity index (χ4v) is 6.61. The molecule has 0 bridgehead atoms. The van der Waals surface area contributed by atoms with Crippen molar-refractivity contribution < 1.29 is 13.2 Å². The first-order chi connectivity index (χ1) is 15.4. The van der Waals surface area contributed by atoms with Crippen molar-refractivity contribution in [3.8, 4) is 0 Å². The predicted molar refractivity (Wildman–Crippen MR) is 127 cm³/mol. The van der Waals surface area contributed by atoms with Crippen LogP contribution in [0.5, 0.6) is 0 Å². The van der Waals surface area contributed by atoms with Crippen LogP contribution < -0.4 is 4.90 Å². The molecule has 0 saturated carbocycles. The van der Waals surface area contributed by atoms with Gasteiger partial charge in [0.05, 0.1) is 4.90 Å². The van der Waals surface area contributed by atoms with E-state index in [0.29, 0.717) is 30.8 Å².